The summed E-state index contributed by atoms with van der Waals surface area (Å²) >= 11 is 0. The Balaban J connectivity index is 1.56. The molecule has 4 rings (SSSR count). The average molecular weight is 362 g/mol. The molecule has 2 aliphatic heterocycles. The summed E-state index contributed by atoms with van der Waals surface area (Å²) in [7, 11) is 0. The molecule has 26 heavy (non-hydrogen) atoms. The normalized spacial score (nSPS) is 28.2. The summed E-state index contributed by atoms with van der Waals surface area (Å²) in [6.07, 6.45) is 3.93. The van der Waals surface area contributed by atoms with E-state index < -0.39 is 17.2 Å². The van der Waals surface area contributed by atoms with E-state index in [0.717, 1.165) is 13.1 Å². The number of carbonyl (C=O) groups is 1. The molecule has 0 radical (unpaired) electrons. The summed E-state index contributed by atoms with van der Waals surface area (Å²) in [5.74, 6) is 0.0195. The van der Waals surface area contributed by atoms with Gasteiger partial charge in [-0.25, -0.2) is 0 Å². The van der Waals surface area contributed by atoms with Crippen molar-refractivity contribution in [3.8, 4) is 5.82 Å². The summed E-state index contributed by atoms with van der Waals surface area (Å²) in [4.78, 5) is 12.9. The number of piperidine rings is 1. The molecule has 1 amide bonds. The van der Waals surface area contributed by atoms with Gasteiger partial charge < -0.3 is 20.5 Å². The Hall–Kier alpha value is -2.37. The zero-order valence-electron chi connectivity index (χ0n) is 14.5. The number of aliphatic hydroxyl groups excluding tert-OH is 1. The van der Waals surface area contributed by atoms with Crippen molar-refractivity contribution in [3.05, 3.63) is 18.1 Å². The molecule has 2 saturated heterocycles. The predicted molar refractivity (Wildman–Crippen MR) is 88.6 cm³/mol. The van der Waals surface area contributed by atoms with Gasteiger partial charge in [0.1, 0.15) is 18.0 Å². The third-order valence-electron chi connectivity index (χ3n) is 5.40. The van der Waals surface area contributed by atoms with Gasteiger partial charge in [0.2, 0.25) is 0 Å². The highest BCUT2D eigenvalue weighted by molar-refractivity contribution is 5.97. The number of ether oxygens (including phenoxy) is 1. The number of H-pyrrole nitrogens is 1. The standard InChI is InChI=1S/C15H22N8O3/c1-14(4-7-26-15(13(14)25)2-5-16-6-3-15)19-12(24)10-8-17-20-11(10)23-9-18-21-22-23/h8-9,13,16,25H,2-7H2,1H3,(H,17,20)(H,19,24)/t13-,14+/m0/s1. The van der Waals surface area contributed by atoms with E-state index in [9.17, 15) is 9.90 Å². The summed E-state index contributed by atoms with van der Waals surface area (Å²) in [6.45, 7) is 3.91. The third kappa shape index (κ3) is 2.77. The van der Waals surface area contributed by atoms with E-state index in [-0.39, 0.29) is 5.91 Å². The Morgan fingerprint density at radius 1 is 1.42 bits per heavy atom. The maximum atomic E-state index is 12.9. The first-order chi connectivity index (χ1) is 12.5. The van der Waals surface area contributed by atoms with Gasteiger partial charge in [0.15, 0.2) is 5.82 Å². The zero-order valence-corrected chi connectivity index (χ0v) is 14.5. The molecule has 2 aromatic rings. The number of nitrogens with zero attached hydrogens (tertiary/aromatic N) is 5. The number of aromatic amines is 1. The maximum absolute atomic E-state index is 12.9. The summed E-state index contributed by atoms with van der Waals surface area (Å²) in [5.41, 5.74) is -1.13. The molecular formula is C15H22N8O3. The van der Waals surface area contributed by atoms with Gasteiger partial charge in [-0.05, 0) is 49.7 Å². The van der Waals surface area contributed by atoms with Crippen LogP contribution < -0.4 is 10.6 Å². The minimum atomic E-state index is -0.807. The summed E-state index contributed by atoms with van der Waals surface area (Å²) < 4.78 is 7.31. The van der Waals surface area contributed by atoms with Crippen LogP contribution in [0.15, 0.2) is 12.5 Å². The van der Waals surface area contributed by atoms with Gasteiger partial charge in [-0.3, -0.25) is 9.89 Å². The topological polar surface area (TPSA) is 143 Å². The molecule has 2 fully saturated rings. The van der Waals surface area contributed by atoms with Gasteiger partial charge in [-0.15, -0.1) is 5.10 Å². The van der Waals surface area contributed by atoms with E-state index in [0.29, 0.717) is 37.3 Å². The van der Waals surface area contributed by atoms with E-state index in [1.165, 1.54) is 17.2 Å². The minimum Gasteiger partial charge on any atom is -0.388 e. The van der Waals surface area contributed by atoms with E-state index >= 15 is 0 Å². The van der Waals surface area contributed by atoms with Crippen LogP contribution in [0.2, 0.25) is 0 Å². The number of hydrogen-bond acceptors (Lipinski definition) is 8. The second-order valence-electron chi connectivity index (χ2n) is 7.07. The smallest absolute Gasteiger partial charge is 0.257 e. The lowest BCUT2D eigenvalue weighted by molar-refractivity contribution is -0.197. The molecule has 4 heterocycles. The highest BCUT2D eigenvalue weighted by Gasteiger charge is 2.53. The van der Waals surface area contributed by atoms with Crippen LogP contribution in [-0.4, -0.2) is 78.4 Å². The van der Waals surface area contributed by atoms with E-state index in [1.54, 1.807) is 0 Å². The van der Waals surface area contributed by atoms with Crippen molar-refractivity contribution in [1.82, 2.24) is 41.0 Å². The monoisotopic (exact) mass is 362 g/mol. The fraction of sp³-hybridized carbons (Fsp3) is 0.667. The largest absolute Gasteiger partial charge is 0.388 e. The lowest BCUT2D eigenvalue weighted by atomic mass is 9.73. The fourth-order valence-corrected chi connectivity index (χ4v) is 3.87. The molecule has 0 aliphatic carbocycles. The number of rotatable bonds is 3. The average Bonchev–Trinajstić information content (AvgIpc) is 3.31. The number of aromatic nitrogens is 6. The van der Waals surface area contributed by atoms with Gasteiger partial charge >= 0.3 is 0 Å². The third-order valence-corrected chi connectivity index (χ3v) is 5.40. The number of carbonyl (C=O) groups excluding carboxylic acids is 1. The molecule has 0 saturated carbocycles. The van der Waals surface area contributed by atoms with Crippen molar-refractivity contribution in [3.63, 3.8) is 0 Å². The Bertz CT molecular complexity index is 764. The van der Waals surface area contributed by atoms with Crippen molar-refractivity contribution in [2.45, 2.75) is 43.4 Å². The van der Waals surface area contributed by atoms with Crippen molar-refractivity contribution < 1.29 is 14.6 Å². The molecule has 0 bridgehead atoms. The van der Waals surface area contributed by atoms with Crippen LogP contribution >= 0.6 is 0 Å². The number of hydrogen-bond donors (Lipinski definition) is 4. The fourth-order valence-electron chi connectivity index (χ4n) is 3.87. The van der Waals surface area contributed by atoms with E-state index in [4.69, 9.17) is 4.74 Å². The van der Waals surface area contributed by atoms with Crippen LogP contribution in [-0.2, 0) is 4.74 Å². The Morgan fingerprint density at radius 3 is 2.96 bits per heavy atom. The van der Waals surface area contributed by atoms with Crippen LogP contribution in [0.3, 0.4) is 0 Å². The van der Waals surface area contributed by atoms with E-state index in [2.05, 4.69) is 36.4 Å². The van der Waals surface area contributed by atoms with Crippen LogP contribution in [0.1, 0.15) is 36.5 Å². The molecule has 11 nitrogen and oxygen atoms in total. The molecule has 140 valence electrons. The first-order valence-corrected chi connectivity index (χ1v) is 8.66. The number of tetrazole rings is 1. The second kappa shape index (κ2) is 6.41. The Morgan fingerprint density at radius 2 is 2.23 bits per heavy atom. The van der Waals surface area contributed by atoms with Crippen LogP contribution in [0.25, 0.3) is 5.82 Å². The molecular weight excluding hydrogens is 340 g/mol. The molecule has 4 N–H and O–H groups in total. The van der Waals surface area contributed by atoms with Crippen LogP contribution in [0.5, 0.6) is 0 Å². The zero-order chi connectivity index (χ0) is 18.2. The number of nitrogens with one attached hydrogen (secondary N) is 3. The van der Waals surface area contributed by atoms with Crippen molar-refractivity contribution >= 4 is 5.91 Å². The summed E-state index contributed by atoms with van der Waals surface area (Å²) in [6, 6.07) is 0. The van der Waals surface area contributed by atoms with Gasteiger partial charge in [0, 0.05) is 6.61 Å². The molecule has 11 heteroatoms. The Kier molecular flexibility index (Phi) is 4.21. The SMILES string of the molecule is C[C@@]1(NC(=O)c2cn[nH]c2-n2cnnn2)CCOC2(CCNCC2)[C@H]1O. The highest BCUT2D eigenvalue weighted by Crippen LogP contribution is 2.38. The van der Waals surface area contributed by atoms with Gasteiger partial charge in [0.05, 0.1) is 17.3 Å². The molecule has 2 atom stereocenters. The highest BCUT2D eigenvalue weighted by atomic mass is 16.5. The maximum Gasteiger partial charge on any atom is 0.257 e. The van der Waals surface area contributed by atoms with Crippen LogP contribution in [0.4, 0.5) is 0 Å². The molecule has 2 aromatic heterocycles. The van der Waals surface area contributed by atoms with Gasteiger partial charge in [-0.2, -0.15) is 9.78 Å². The second-order valence-corrected chi connectivity index (χ2v) is 7.07. The Labute approximate surface area is 149 Å². The van der Waals surface area contributed by atoms with Crippen molar-refractivity contribution in [1.29, 1.82) is 0 Å². The van der Waals surface area contributed by atoms with Gasteiger partial charge in [-0.1, -0.05) is 0 Å². The minimum absolute atomic E-state index is 0.302. The lowest BCUT2D eigenvalue weighted by Gasteiger charge is -2.52. The van der Waals surface area contributed by atoms with Crippen LogP contribution in [0, 0.1) is 0 Å². The van der Waals surface area contributed by atoms with Crippen molar-refractivity contribution in [2.24, 2.45) is 0 Å². The molecule has 2 aliphatic rings. The summed E-state index contributed by atoms with van der Waals surface area (Å²) in [5, 5.41) is 34.9. The lowest BCUT2D eigenvalue weighted by Crippen LogP contribution is -2.69. The predicted octanol–water partition coefficient (Wildman–Crippen LogP) is -1.22. The first-order valence-electron chi connectivity index (χ1n) is 8.66. The van der Waals surface area contributed by atoms with Crippen molar-refractivity contribution in [2.75, 3.05) is 19.7 Å². The van der Waals surface area contributed by atoms with Gasteiger partial charge in [0.25, 0.3) is 5.91 Å². The molecule has 0 aromatic carbocycles. The first kappa shape index (κ1) is 17.1. The number of aliphatic hydroxyl groups is 1. The quantitative estimate of drug-likeness (QED) is 0.532. The molecule has 1 spiro atoms. The van der Waals surface area contributed by atoms with E-state index in [1.807, 2.05) is 6.92 Å². The number of amides is 1. The molecule has 0 unspecified atom stereocenters.